The van der Waals surface area contributed by atoms with Gasteiger partial charge in [0.2, 0.25) is 5.91 Å². The third-order valence-electron chi connectivity index (χ3n) is 3.79. The van der Waals surface area contributed by atoms with Gasteiger partial charge in [0.25, 0.3) is 11.8 Å². The van der Waals surface area contributed by atoms with E-state index in [9.17, 15) is 31.9 Å². The van der Waals surface area contributed by atoms with Crippen LogP contribution in [0.1, 0.15) is 0 Å². The van der Waals surface area contributed by atoms with Gasteiger partial charge >= 0.3 is 13.0 Å². The summed E-state index contributed by atoms with van der Waals surface area (Å²) in [7, 11) is 0. The van der Waals surface area contributed by atoms with Crippen LogP contribution in [0, 0.1) is 0 Å². The molecular formula is C16H18F4N4O5. The number of anilines is 2. The second-order valence-electron chi connectivity index (χ2n) is 5.75. The van der Waals surface area contributed by atoms with Gasteiger partial charge in [-0.25, -0.2) is 0 Å². The molecule has 0 radical (unpaired) electrons. The molecule has 1 aromatic rings. The highest BCUT2D eigenvalue weighted by atomic mass is 19.3. The highest BCUT2D eigenvalue weighted by Crippen LogP contribution is 2.33. The maximum absolute atomic E-state index is 12.8. The number of benzene rings is 1. The van der Waals surface area contributed by atoms with Crippen LogP contribution in [0.2, 0.25) is 0 Å². The Morgan fingerprint density at radius 2 is 1.97 bits per heavy atom. The minimum absolute atomic E-state index is 0.0398. The van der Waals surface area contributed by atoms with Crippen LogP contribution in [-0.2, 0) is 19.1 Å². The zero-order chi connectivity index (χ0) is 21.6. The Morgan fingerprint density at radius 1 is 1.24 bits per heavy atom. The van der Waals surface area contributed by atoms with E-state index in [-0.39, 0.29) is 31.1 Å². The van der Waals surface area contributed by atoms with Gasteiger partial charge in [0, 0.05) is 24.8 Å². The van der Waals surface area contributed by atoms with Crippen LogP contribution in [-0.4, -0.2) is 63.1 Å². The highest BCUT2D eigenvalue weighted by molar-refractivity contribution is 5.99. The van der Waals surface area contributed by atoms with E-state index in [0.29, 0.717) is 0 Å². The molecule has 160 valence electrons. The summed E-state index contributed by atoms with van der Waals surface area (Å²) in [6.45, 7) is -3.61. The number of nitrogens with zero attached hydrogens (tertiary/aromatic N) is 1. The zero-order valence-corrected chi connectivity index (χ0v) is 14.9. The molecular weight excluding hydrogens is 404 g/mol. The predicted molar refractivity (Wildman–Crippen MR) is 91.9 cm³/mol. The van der Waals surface area contributed by atoms with Gasteiger partial charge in [-0.15, -0.1) is 0 Å². The number of ether oxygens (including phenoxy) is 2. The predicted octanol–water partition coefficient (Wildman–Crippen LogP) is 0.298. The second kappa shape index (κ2) is 10.0. The lowest BCUT2D eigenvalue weighted by Gasteiger charge is -2.28. The molecule has 1 heterocycles. The van der Waals surface area contributed by atoms with Crippen LogP contribution in [0.25, 0.3) is 0 Å². The van der Waals surface area contributed by atoms with Crippen molar-refractivity contribution in [2.24, 2.45) is 5.73 Å². The number of morpholine rings is 1. The second-order valence-corrected chi connectivity index (χ2v) is 5.75. The quantitative estimate of drug-likeness (QED) is 0.518. The molecule has 2 rings (SSSR count). The molecule has 1 fully saturated rings. The molecule has 0 saturated carbocycles. The van der Waals surface area contributed by atoms with Crippen molar-refractivity contribution in [1.82, 2.24) is 5.32 Å². The van der Waals surface area contributed by atoms with Crippen LogP contribution < -0.4 is 26.0 Å². The van der Waals surface area contributed by atoms with Crippen molar-refractivity contribution in [3.63, 3.8) is 0 Å². The van der Waals surface area contributed by atoms with Crippen LogP contribution in [0.3, 0.4) is 0 Å². The van der Waals surface area contributed by atoms with E-state index >= 15 is 0 Å². The normalized spacial score (nSPS) is 15.4. The van der Waals surface area contributed by atoms with E-state index in [1.165, 1.54) is 17.0 Å². The summed E-state index contributed by atoms with van der Waals surface area (Å²) in [6, 6.07) is 2.11. The molecule has 0 spiro atoms. The van der Waals surface area contributed by atoms with E-state index in [1.54, 1.807) is 5.32 Å². The molecule has 1 saturated heterocycles. The van der Waals surface area contributed by atoms with Crippen molar-refractivity contribution in [3.8, 4) is 5.75 Å². The van der Waals surface area contributed by atoms with Gasteiger partial charge in [0.05, 0.1) is 12.3 Å². The first kappa shape index (κ1) is 22.4. The fourth-order valence-electron chi connectivity index (χ4n) is 2.47. The molecule has 3 amide bonds. The van der Waals surface area contributed by atoms with Crippen molar-refractivity contribution >= 4 is 29.1 Å². The molecule has 0 aromatic heterocycles. The van der Waals surface area contributed by atoms with Gasteiger partial charge in [0.15, 0.2) is 5.75 Å². The van der Waals surface area contributed by atoms with Gasteiger partial charge in [-0.3, -0.25) is 14.4 Å². The molecule has 0 unspecified atom stereocenters. The number of nitrogens with two attached hydrogens (primary N) is 1. The summed E-state index contributed by atoms with van der Waals surface area (Å²) in [6.07, 6.45) is -3.34. The third kappa shape index (κ3) is 6.02. The lowest BCUT2D eigenvalue weighted by molar-refractivity contribution is -0.134. The van der Waals surface area contributed by atoms with Gasteiger partial charge in [-0.1, -0.05) is 0 Å². The fourth-order valence-corrected chi connectivity index (χ4v) is 2.47. The van der Waals surface area contributed by atoms with E-state index < -0.39 is 49.1 Å². The number of rotatable bonds is 8. The Kier molecular flexibility index (Phi) is 7.73. The van der Waals surface area contributed by atoms with Crippen LogP contribution in [0.5, 0.6) is 5.75 Å². The lowest BCUT2D eigenvalue weighted by Crippen LogP contribution is -2.50. The van der Waals surface area contributed by atoms with Crippen molar-refractivity contribution < 1.29 is 41.4 Å². The van der Waals surface area contributed by atoms with Gasteiger partial charge < -0.3 is 30.7 Å². The number of hydrogen-bond donors (Lipinski definition) is 3. The first-order chi connectivity index (χ1) is 13.7. The Balaban J connectivity index is 2.21. The Morgan fingerprint density at radius 3 is 2.55 bits per heavy atom. The molecule has 1 aromatic carbocycles. The van der Waals surface area contributed by atoms with Gasteiger partial charge in [-0.05, 0) is 12.1 Å². The average molecular weight is 422 g/mol. The summed E-state index contributed by atoms with van der Waals surface area (Å²) in [5.74, 6) is -3.49. The topological polar surface area (TPSA) is 123 Å². The summed E-state index contributed by atoms with van der Waals surface area (Å²) in [5.41, 5.74) is 5.31. The lowest BCUT2D eigenvalue weighted by atomic mass is 10.2. The van der Waals surface area contributed by atoms with E-state index in [2.05, 4.69) is 10.1 Å². The fraction of sp³-hybridized carbons (Fsp3) is 0.438. The maximum Gasteiger partial charge on any atom is 0.387 e. The van der Waals surface area contributed by atoms with Crippen molar-refractivity contribution in [3.05, 3.63) is 18.2 Å². The average Bonchev–Trinajstić information content (AvgIpc) is 2.66. The van der Waals surface area contributed by atoms with Crippen molar-refractivity contribution in [2.75, 3.05) is 36.5 Å². The Hall–Kier alpha value is -2.93. The summed E-state index contributed by atoms with van der Waals surface area (Å²) in [4.78, 5) is 36.3. The van der Waals surface area contributed by atoms with Crippen molar-refractivity contribution in [2.45, 2.75) is 19.1 Å². The Labute approximate surface area is 162 Å². The number of carbonyl (C=O) groups excluding carboxylic acids is 3. The number of alkyl halides is 4. The standard InChI is InChI=1S/C16H18F4N4O5/c17-13(18)15(27)23-9(6-21)14(26)22-8-1-2-10(11(5-8)29-16(19)20)24-3-4-28-7-12(24)25/h1-2,5,9,13,16H,3-4,6-7,21H2,(H,22,26)(H,23,27)/t9-/m1/s1. The molecule has 1 atom stereocenters. The maximum atomic E-state index is 12.8. The number of amides is 3. The van der Waals surface area contributed by atoms with Crippen molar-refractivity contribution in [1.29, 1.82) is 0 Å². The number of halogens is 4. The molecule has 13 heteroatoms. The number of carbonyl (C=O) groups is 3. The van der Waals surface area contributed by atoms with Crippen LogP contribution in [0.4, 0.5) is 28.9 Å². The SMILES string of the molecule is NC[C@@H](NC(=O)C(F)F)C(=O)Nc1ccc(N2CCOCC2=O)c(OC(F)F)c1. The zero-order valence-electron chi connectivity index (χ0n) is 14.9. The number of hydrogen-bond acceptors (Lipinski definition) is 6. The third-order valence-corrected chi connectivity index (χ3v) is 3.79. The monoisotopic (exact) mass is 422 g/mol. The largest absolute Gasteiger partial charge is 0.433 e. The summed E-state index contributed by atoms with van der Waals surface area (Å²) in [5, 5.41) is 4.02. The smallest absolute Gasteiger partial charge is 0.387 e. The molecule has 1 aliphatic rings. The van der Waals surface area contributed by atoms with E-state index in [1.807, 2.05) is 0 Å². The minimum Gasteiger partial charge on any atom is -0.433 e. The summed E-state index contributed by atoms with van der Waals surface area (Å²) >= 11 is 0. The van der Waals surface area contributed by atoms with E-state index in [4.69, 9.17) is 10.5 Å². The van der Waals surface area contributed by atoms with Crippen LogP contribution in [0.15, 0.2) is 18.2 Å². The highest BCUT2D eigenvalue weighted by Gasteiger charge is 2.26. The Bertz CT molecular complexity index is 765. The molecule has 0 bridgehead atoms. The molecule has 0 aliphatic carbocycles. The van der Waals surface area contributed by atoms with Crippen LogP contribution >= 0.6 is 0 Å². The summed E-state index contributed by atoms with van der Waals surface area (Å²) < 4.78 is 59.7. The molecule has 1 aliphatic heterocycles. The minimum atomic E-state index is -3.34. The first-order valence-corrected chi connectivity index (χ1v) is 8.29. The van der Waals surface area contributed by atoms with Gasteiger partial charge in [-0.2, -0.15) is 17.6 Å². The van der Waals surface area contributed by atoms with Gasteiger partial charge in [0.1, 0.15) is 12.6 Å². The number of nitrogens with one attached hydrogen (secondary N) is 2. The molecule has 4 N–H and O–H groups in total. The molecule has 9 nitrogen and oxygen atoms in total. The van der Waals surface area contributed by atoms with E-state index in [0.717, 1.165) is 6.07 Å². The first-order valence-electron chi connectivity index (χ1n) is 8.29. The molecule has 29 heavy (non-hydrogen) atoms.